The fourth-order valence-electron chi connectivity index (χ4n) is 1.34. The molecule has 2 amide bonds. The average molecular weight is 331 g/mol. The molecule has 20 heavy (non-hydrogen) atoms. The smallest absolute Gasteiger partial charge is 0.312 e. The van der Waals surface area contributed by atoms with Crippen molar-refractivity contribution in [2.45, 2.75) is 0 Å². The van der Waals surface area contributed by atoms with Gasteiger partial charge in [-0.1, -0.05) is 40.7 Å². The lowest BCUT2D eigenvalue weighted by molar-refractivity contribution is 0.262. The third-order valence-electron chi connectivity index (χ3n) is 2.06. The van der Waals surface area contributed by atoms with Crippen LogP contribution < -0.4 is 10.6 Å². The second-order valence-corrected chi connectivity index (χ2v) is 5.24. The van der Waals surface area contributed by atoms with Crippen molar-refractivity contribution in [1.29, 1.82) is 0 Å². The molecule has 3 nitrogen and oxygen atoms in total. The third-order valence-corrected chi connectivity index (χ3v) is 2.06. The van der Waals surface area contributed by atoms with E-state index in [0.29, 0.717) is 0 Å². The molecule has 0 spiro atoms. The molecule has 6 heteroatoms. The van der Waals surface area contributed by atoms with E-state index in [1.165, 1.54) is 0 Å². The number of carbonyl (C=O) groups is 1. The Kier molecular flexibility index (Phi) is 7.88. The van der Waals surface area contributed by atoms with Crippen LogP contribution in [-0.4, -0.2) is 6.03 Å². The van der Waals surface area contributed by atoms with E-state index in [9.17, 15) is 4.79 Å². The predicted molar refractivity (Wildman–Crippen MR) is 86.3 cm³/mol. The molecule has 2 aromatic rings. The van der Waals surface area contributed by atoms with Crippen LogP contribution in [0.1, 0.15) is 0 Å². The van der Waals surface area contributed by atoms with Crippen LogP contribution in [0.3, 0.4) is 0 Å². The summed E-state index contributed by atoms with van der Waals surface area (Å²) in [5.41, 5.74) is 1.55. The fourth-order valence-corrected chi connectivity index (χ4v) is 1.34. The van der Waals surface area contributed by atoms with E-state index >= 15 is 0 Å². The summed E-state index contributed by atoms with van der Waals surface area (Å²) < 4.78 is -0.167. The van der Waals surface area contributed by atoms with Crippen molar-refractivity contribution in [3.63, 3.8) is 0 Å². The van der Waals surface area contributed by atoms with E-state index in [4.69, 9.17) is 34.8 Å². The minimum Gasteiger partial charge on any atom is -0.312 e. The quantitative estimate of drug-likeness (QED) is 0.703. The van der Waals surface area contributed by atoms with Gasteiger partial charge in [-0.15, -0.1) is 0 Å². The summed E-state index contributed by atoms with van der Waals surface area (Å²) in [5, 5.41) is 5.48. The Balaban J connectivity index is 0.000000444. The predicted octanol–water partition coefficient (Wildman–Crippen LogP) is 5.48. The lowest BCUT2D eigenvalue weighted by Crippen LogP contribution is -2.19. The molecule has 2 aromatic carbocycles. The Morgan fingerprint density at radius 3 is 1.35 bits per heavy atom. The van der Waals surface area contributed by atoms with Gasteiger partial charge in [-0.05, 0) is 24.3 Å². The van der Waals surface area contributed by atoms with Gasteiger partial charge in [0.05, 0.1) is 0 Å². The molecule has 0 bridgehead atoms. The molecule has 2 N–H and O–H groups in total. The lowest BCUT2D eigenvalue weighted by Gasteiger charge is -2.06. The number of hydrogen-bond acceptors (Lipinski definition) is 1. The Morgan fingerprint density at radius 1 is 0.750 bits per heavy atom. The zero-order valence-electron chi connectivity index (χ0n) is 10.3. The molecule has 0 saturated heterocycles. The van der Waals surface area contributed by atoms with Crippen molar-refractivity contribution in [2.24, 2.45) is 0 Å². The lowest BCUT2D eigenvalue weighted by atomic mass is 10.3. The van der Waals surface area contributed by atoms with E-state index in [0.717, 1.165) is 11.4 Å². The highest BCUT2D eigenvalue weighted by Gasteiger charge is 2.00. The van der Waals surface area contributed by atoms with Crippen molar-refractivity contribution in [3.8, 4) is 0 Å². The largest absolute Gasteiger partial charge is 0.323 e. The first-order valence-electron chi connectivity index (χ1n) is 5.59. The number of benzene rings is 2. The Hall–Kier alpha value is -1.42. The molecule has 0 aliphatic rings. The molecular weight excluding hydrogens is 319 g/mol. The zero-order valence-corrected chi connectivity index (χ0v) is 12.6. The molecule has 0 saturated carbocycles. The van der Waals surface area contributed by atoms with Crippen LogP contribution in [0.5, 0.6) is 0 Å². The van der Waals surface area contributed by atoms with Crippen LogP contribution in [0.15, 0.2) is 60.7 Å². The summed E-state index contributed by atoms with van der Waals surface area (Å²) in [6.07, 6.45) is 0. The number of carbonyl (C=O) groups excluding carboxylic acids is 1. The molecule has 0 aromatic heterocycles. The molecule has 0 unspecified atom stereocenters. The van der Waals surface area contributed by atoms with Gasteiger partial charge in [0.15, 0.2) is 0 Å². The minimum absolute atomic E-state index is 0.167. The maximum atomic E-state index is 11.6. The number of nitrogens with one attached hydrogen (secondary N) is 2. The summed E-state index contributed by atoms with van der Waals surface area (Å²) in [6.45, 7) is 0. The van der Waals surface area contributed by atoms with E-state index in [-0.39, 0.29) is 10.3 Å². The van der Waals surface area contributed by atoms with Gasteiger partial charge in [0.2, 0.25) is 0 Å². The van der Waals surface area contributed by atoms with Gasteiger partial charge in [0.25, 0.3) is 0 Å². The van der Waals surface area contributed by atoms with Crippen molar-refractivity contribution in [1.82, 2.24) is 0 Å². The van der Waals surface area contributed by atoms with E-state index in [1.807, 2.05) is 60.7 Å². The molecule has 0 fully saturated rings. The van der Waals surface area contributed by atoms with Gasteiger partial charge in [0.1, 0.15) is 0 Å². The summed E-state index contributed by atoms with van der Waals surface area (Å²) in [5.74, 6) is 0. The second kappa shape index (κ2) is 9.48. The number of anilines is 2. The topological polar surface area (TPSA) is 41.1 Å². The number of urea groups is 1. The highest BCUT2D eigenvalue weighted by atomic mass is 35.6. The molecular formula is C14H12Cl3N2O-. The van der Waals surface area contributed by atoms with Gasteiger partial charge in [-0.3, -0.25) is 0 Å². The highest BCUT2D eigenvalue weighted by Crippen LogP contribution is 2.15. The summed E-state index contributed by atoms with van der Waals surface area (Å²) >= 11 is 14.2. The van der Waals surface area contributed by atoms with Crippen molar-refractivity contribution >= 4 is 52.2 Å². The van der Waals surface area contributed by atoms with Gasteiger partial charge in [-0.2, -0.15) is 0 Å². The molecule has 0 heterocycles. The van der Waals surface area contributed by atoms with Crippen LogP contribution in [-0.2, 0) is 0 Å². The number of amides is 2. The second-order valence-electron chi connectivity index (χ2n) is 3.53. The van der Waals surface area contributed by atoms with Gasteiger partial charge < -0.3 is 45.4 Å². The van der Waals surface area contributed by atoms with Gasteiger partial charge >= 0.3 is 6.03 Å². The van der Waals surface area contributed by atoms with Crippen molar-refractivity contribution < 1.29 is 4.79 Å². The fraction of sp³-hybridized carbons (Fsp3) is 0. The van der Waals surface area contributed by atoms with E-state index in [2.05, 4.69) is 10.6 Å². The van der Waals surface area contributed by atoms with E-state index in [1.54, 1.807) is 0 Å². The average Bonchev–Trinajstić information content (AvgIpc) is 2.40. The first-order valence-corrected chi connectivity index (χ1v) is 6.73. The van der Waals surface area contributed by atoms with Gasteiger partial charge in [0, 0.05) is 11.4 Å². The van der Waals surface area contributed by atoms with Crippen LogP contribution in [0.25, 0.3) is 0 Å². The van der Waals surface area contributed by atoms with Crippen LogP contribution in [0.4, 0.5) is 16.2 Å². The molecule has 0 radical (unpaired) electrons. The molecule has 0 atom stereocenters. The molecule has 2 rings (SSSR count). The number of halogens is 3. The normalized spacial score (nSPS) is 9.40. The minimum atomic E-state index is -0.239. The molecule has 106 valence electrons. The molecule has 0 aliphatic heterocycles. The Bertz CT molecular complexity index is 460. The summed E-state index contributed by atoms with van der Waals surface area (Å²) in [7, 11) is 0. The summed E-state index contributed by atoms with van der Waals surface area (Å²) in [4.78, 5) is 11.6. The van der Waals surface area contributed by atoms with Crippen molar-refractivity contribution in [3.05, 3.63) is 65.0 Å². The number of para-hydroxylation sites is 2. The highest BCUT2D eigenvalue weighted by molar-refractivity contribution is 6.72. The SMILES string of the molecule is Cl[C-](Cl)Cl.O=C(Nc1ccccc1)Nc1ccccc1. The molecule has 0 aliphatic carbocycles. The van der Waals surface area contributed by atoms with Crippen LogP contribution in [0.2, 0.25) is 0 Å². The first kappa shape index (κ1) is 16.6. The number of hydrogen-bond donors (Lipinski definition) is 2. The maximum absolute atomic E-state index is 11.6. The maximum Gasteiger partial charge on any atom is 0.323 e. The van der Waals surface area contributed by atoms with Crippen LogP contribution >= 0.6 is 34.8 Å². The zero-order chi connectivity index (χ0) is 14.8. The van der Waals surface area contributed by atoms with Crippen molar-refractivity contribution in [2.75, 3.05) is 10.6 Å². The monoisotopic (exact) mass is 329 g/mol. The number of rotatable bonds is 2. The Morgan fingerprint density at radius 2 is 1.05 bits per heavy atom. The Labute approximate surface area is 132 Å². The third kappa shape index (κ3) is 7.89. The standard InChI is InChI=1S/C13H12N2O.CCl3/c16-13(14-11-7-3-1-4-8-11)15-12-9-5-2-6-10-12;2-1(3)4/h1-10H,(H2,14,15,16);/q;-1. The summed E-state index contributed by atoms with van der Waals surface area (Å²) in [6, 6.07) is 18.4. The van der Waals surface area contributed by atoms with Gasteiger partial charge in [-0.25, -0.2) is 4.79 Å². The first-order chi connectivity index (χ1) is 9.58. The van der Waals surface area contributed by atoms with Crippen LogP contribution in [0, 0.1) is 4.30 Å². The van der Waals surface area contributed by atoms with E-state index < -0.39 is 0 Å².